The molecule has 2 heterocycles. The van der Waals surface area contributed by atoms with Gasteiger partial charge in [-0.05, 0) is 43.9 Å². The Hall–Kier alpha value is -2.31. The molecular formula is C22H28ClN3O3. The van der Waals surface area contributed by atoms with Crippen molar-refractivity contribution < 1.29 is 14.3 Å². The monoisotopic (exact) mass is 417 g/mol. The number of benzene rings is 1. The summed E-state index contributed by atoms with van der Waals surface area (Å²) in [6.07, 6.45) is 5.43. The van der Waals surface area contributed by atoms with Crippen LogP contribution in [0.5, 0.6) is 5.75 Å². The van der Waals surface area contributed by atoms with E-state index in [0.717, 1.165) is 37.3 Å². The van der Waals surface area contributed by atoms with Crippen LogP contribution in [0.2, 0.25) is 5.15 Å². The van der Waals surface area contributed by atoms with E-state index in [0.29, 0.717) is 29.1 Å². The van der Waals surface area contributed by atoms with Crippen molar-refractivity contribution in [3.05, 3.63) is 46.8 Å². The van der Waals surface area contributed by atoms with Crippen LogP contribution in [-0.4, -0.2) is 35.0 Å². The van der Waals surface area contributed by atoms with Gasteiger partial charge in [0.1, 0.15) is 17.5 Å². The number of hydrogen-bond acceptors (Lipinski definition) is 4. The molecule has 0 saturated carbocycles. The summed E-state index contributed by atoms with van der Waals surface area (Å²) in [6.45, 7) is 8.16. The second-order valence-corrected chi connectivity index (χ2v) is 8.02. The summed E-state index contributed by atoms with van der Waals surface area (Å²) in [5, 5.41) is 7.85. The van der Waals surface area contributed by atoms with Crippen LogP contribution in [0.1, 0.15) is 37.9 Å². The molecule has 1 amide bonds. The Morgan fingerprint density at radius 2 is 2.31 bits per heavy atom. The number of carbonyl (C=O) groups excluding carboxylic acids is 1. The number of halogens is 1. The molecule has 1 aromatic heterocycles. The standard InChI is InChI=1S/C22H28ClN3O3/c1-15(2)13-26-22(23)20(16(3)25-26)9-10-21(27)24-17-6-4-7-18(12-17)29-14-19-8-5-11-28-19/h4,6-7,9-10,12,15,19H,5,8,11,13-14H2,1-3H3,(H,24,27)/b10-9+. The molecule has 7 heteroatoms. The molecule has 6 nitrogen and oxygen atoms in total. The van der Waals surface area contributed by atoms with Crippen molar-refractivity contribution in [3.63, 3.8) is 0 Å². The van der Waals surface area contributed by atoms with Gasteiger partial charge in [0.05, 0.1) is 11.8 Å². The highest BCUT2D eigenvalue weighted by molar-refractivity contribution is 6.31. The molecule has 1 N–H and O–H groups in total. The van der Waals surface area contributed by atoms with E-state index in [1.807, 2.05) is 25.1 Å². The van der Waals surface area contributed by atoms with Gasteiger partial charge < -0.3 is 14.8 Å². The van der Waals surface area contributed by atoms with Gasteiger partial charge >= 0.3 is 0 Å². The third kappa shape index (κ3) is 6.08. The van der Waals surface area contributed by atoms with Gasteiger partial charge in [0.2, 0.25) is 5.91 Å². The minimum absolute atomic E-state index is 0.154. The summed E-state index contributed by atoms with van der Waals surface area (Å²) < 4.78 is 13.1. The van der Waals surface area contributed by atoms with Gasteiger partial charge in [0.25, 0.3) is 0 Å². The zero-order valence-corrected chi connectivity index (χ0v) is 17.9. The molecule has 0 bridgehead atoms. The fraction of sp³-hybridized carbons (Fsp3) is 0.455. The summed E-state index contributed by atoms with van der Waals surface area (Å²) in [5.41, 5.74) is 2.23. The average molecular weight is 418 g/mol. The van der Waals surface area contributed by atoms with E-state index in [9.17, 15) is 4.79 Å². The Kier molecular flexibility index (Phi) is 7.34. The highest BCUT2D eigenvalue weighted by Gasteiger charge is 2.16. The fourth-order valence-electron chi connectivity index (χ4n) is 3.19. The first-order chi connectivity index (χ1) is 13.9. The first-order valence-electron chi connectivity index (χ1n) is 9.99. The van der Waals surface area contributed by atoms with Crippen molar-refractivity contribution in [2.75, 3.05) is 18.5 Å². The normalized spacial score (nSPS) is 16.7. The van der Waals surface area contributed by atoms with Crippen LogP contribution in [0, 0.1) is 12.8 Å². The summed E-state index contributed by atoms with van der Waals surface area (Å²) in [5.74, 6) is 0.895. The number of amides is 1. The maximum Gasteiger partial charge on any atom is 0.248 e. The lowest BCUT2D eigenvalue weighted by atomic mass is 10.2. The number of rotatable bonds is 8. The minimum Gasteiger partial charge on any atom is -0.491 e. The molecule has 1 aromatic carbocycles. The van der Waals surface area contributed by atoms with Crippen LogP contribution in [0.3, 0.4) is 0 Å². The zero-order chi connectivity index (χ0) is 20.8. The maximum atomic E-state index is 12.3. The van der Waals surface area contributed by atoms with E-state index < -0.39 is 0 Å². The van der Waals surface area contributed by atoms with E-state index in [1.165, 1.54) is 6.08 Å². The number of carbonyl (C=O) groups is 1. The van der Waals surface area contributed by atoms with Crippen molar-refractivity contribution >= 4 is 29.3 Å². The maximum absolute atomic E-state index is 12.3. The molecule has 0 radical (unpaired) electrons. The number of nitrogens with zero attached hydrogens (tertiary/aromatic N) is 2. The SMILES string of the molecule is Cc1nn(CC(C)C)c(Cl)c1/C=C/C(=O)Nc1cccc(OCC2CCCO2)c1. The number of anilines is 1. The van der Waals surface area contributed by atoms with Crippen LogP contribution in [-0.2, 0) is 16.1 Å². The van der Waals surface area contributed by atoms with E-state index in [1.54, 1.807) is 16.8 Å². The van der Waals surface area contributed by atoms with E-state index >= 15 is 0 Å². The first-order valence-corrected chi connectivity index (χ1v) is 10.4. The molecule has 156 valence electrons. The van der Waals surface area contributed by atoms with Crippen LogP contribution in [0.25, 0.3) is 6.08 Å². The number of nitrogens with one attached hydrogen (secondary N) is 1. The van der Waals surface area contributed by atoms with Crippen molar-refractivity contribution in [2.24, 2.45) is 5.92 Å². The average Bonchev–Trinajstić information content (AvgIpc) is 3.27. The predicted molar refractivity (Wildman–Crippen MR) is 115 cm³/mol. The summed E-state index contributed by atoms with van der Waals surface area (Å²) in [7, 11) is 0. The van der Waals surface area contributed by atoms with E-state index in [2.05, 4.69) is 24.3 Å². The van der Waals surface area contributed by atoms with Gasteiger partial charge in [-0.1, -0.05) is 31.5 Å². The molecule has 1 aliphatic heterocycles. The smallest absolute Gasteiger partial charge is 0.248 e. The second kappa shape index (κ2) is 9.94. The Balaban J connectivity index is 1.59. The lowest BCUT2D eigenvalue weighted by molar-refractivity contribution is -0.111. The fourth-order valence-corrected chi connectivity index (χ4v) is 3.50. The third-order valence-electron chi connectivity index (χ3n) is 4.61. The highest BCUT2D eigenvalue weighted by atomic mass is 35.5. The Morgan fingerprint density at radius 3 is 3.03 bits per heavy atom. The largest absolute Gasteiger partial charge is 0.491 e. The molecule has 1 saturated heterocycles. The molecular weight excluding hydrogens is 390 g/mol. The molecule has 1 atom stereocenters. The number of hydrogen-bond donors (Lipinski definition) is 1. The Bertz CT molecular complexity index is 870. The van der Waals surface area contributed by atoms with Crippen molar-refractivity contribution in [1.82, 2.24) is 9.78 Å². The number of aryl methyl sites for hydroxylation is 1. The van der Waals surface area contributed by atoms with E-state index in [-0.39, 0.29) is 12.0 Å². The van der Waals surface area contributed by atoms with Crippen LogP contribution in [0.4, 0.5) is 5.69 Å². The number of aromatic nitrogens is 2. The third-order valence-corrected chi connectivity index (χ3v) is 5.01. The molecule has 1 aliphatic rings. The highest BCUT2D eigenvalue weighted by Crippen LogP contribution is 2.23. The van der Waals surface area contributed by atoms with Crippen molar-refractivity contribution in [3.8, 4) is 5.75 Å². The Labute approximate surface area is 176 Å². The van der Waals surface area contributed by atoms with Crippen LogP contribution < -0.4 is 10.1 Å². The molecule has 29 heavy (non-hydrogen) atoms. The lowest BCUT2D eigenvalue weighted by Gasteiger charge is -2.12. The summed E-state index contributed by atoms with van der Waals surface area (Å²) in [4.78, 5) is 12.3. The molecule has 2 aromatic rings. The molecule has 0 spiro atoms. The van der Waals surface area contributed by atoms with Gasteiger partial charge in [0, 0.05) is 36.5 Å². The molecule has 1 unspecified atom stereocenters. The topological polar surface area (TPSA) is 65.4 Å². The minimum atomic E-state index is -0.242. The van der Waals surface area contributed by atoms with Gasteiger partial charge in [-0.3, -0.25) is 9.48 Å². The summed E-state index contributed by atoms with van der Waals surface area (Å²) in [6, 6.07) is 7.34. The van der Waals surface area contributed by atoms with Crippen molar-refractivity contribution in [2.45, 2.75) is 46.3 Å². The van der Waals surface area contributed by atoms with Gasteiger partial charge in [-0.2, -0.15) is 5.10 Å². The first kappa shape index (κ1) is 21.4. The molecule has 1 fully saturated rings. The summed E-state index contributed by atoms with van der Waals surface area (Å²) >= 11 is 6.42. The molecule has 0 aliphatic carbocycles. The Morgan fingerprint density at radius 1 is 1.48 bits per heavy atom. The number of ether oxygens (including phenoxy) is 2. The van der Waals surface area contributed by atoms with Crippen LogP contribution in [0.15, 0.2) is 30.3 Å². The van der Waals surface area contributed by atoms with Gasteiger partial charge in [-0.15, -0.1) is 0 Å². The van der Waals surface area contributed by atoms with E-state index in [4.69, 9.17) is 21.1 Å². The van der Waals surface area contributed by atoms with Crippen LogP contribution >= 0.6 is 11.6 Å². The molecule has 3 rings (SSSR count). The zero-order valence-electron chi connectivity index (χ0n) is 17.2. The van der Waals surface area contributed by atoms with Gasteiger partial charge in [0.15, 0.2) is 0 Å². The lowest BCUT2D eigenvalue weighted by Crippen LogP contribution is -2.16. The second-order valence-electron chi connectivity index (χ2n) is 7.66. The van der Waals surface area contributed by atoms with Gasteiger partial charge in [-0.25, -0.2) is 0 Å². The van der Waals surface area contributed by atoms with Crippen molar-refractivity contribution in [1.29, 1.82) is 0 Å². The predicted octanol–water partition coefficient (Wildman–Crippen LogP) is 4.71. The quantitative estimate of drug-likeness (QED) is 0.631.